The van der Waals surface area contributed by atoms with Gasteiger partial charge in [0.15, 0.2) is 0 Å². The number of nitrogens with zero attached hydrogens (tertiary/aromatic N) is 15. The topological polar surface area (TPSA) is 400 Å². The van der Waals surface area contributed by atoms with Crippen LogP contribution in [-0.2, 0) is 25.7 Å². The molecule has 0 amide bonds. The summed E-state index contributed by atoms with van der Waals surface area (Å²) >= 11 is 0. The van der Waals surface area contributed by atoms with Gasteiger partial charge in [-0.25, -0.2) is 113 Å². The molecular formula is C103H97N15O21. The number of methoxy groups -OCH3 is 1. The van der Waals surface area contributed by atoms with Crippen molar-refractivity contribution in [3.8, 4) is 97.3 Å². The van der Waals surface area contributed by atoms with Crippen molar-refractivity contribution in [3.63, 3.8) is 0 Å². The number of fused-ring (bicyclic) bond motifs is 26. The van der Waals surface area contributed by atoms with E-state index in [1.54, 1.807) is 186 Å². The van der Waals surface area contributed by atoms with Crippen molar-refractivity contribution in [3.05, 3.63) is 375 Å². The molecule has 7 unspecified atom stereocenters. The second kappa shape index (κ2) is 32.5. The van der Waals surface area contributed by atoms with Crippen LogP contribution in [0.5, 0.6) is 63.2 Å². The summed E-state index contributed by atoms with van der Waals surface area (Å²) in [4.78, 5) is 131. The summed E-state index contributed by atoms with van der Waals surface area (Å²) in [7, 11) is 2.97. The molecule has 9 aromatic carbocycles. The molecule has 1 aliphatic carbocycles. The molecule has 36 nitrogen and oxygen atoms in total. The Morgan fingerprint density at radius 2 is 0.820 bits per heavy atom. The number of aromatic nitrogens is 15. The molecule has 10 aliphatic rings. The summed E-state index contributed by atoms with van der Waals surface area (Å²) in [5.41, 5.74) is 1.10. The Morgan fingerprint density at radius 1 is 0.388 bits per heavy atom. The van der Waals surface area contributed by atoms with E-state index in [0.717, 1.165) is 74.6 Å². The smallest absolute Gasteiger partial charge is 0.356 e. The van der Waals surface area contributed by atoms with Crippen molar-refractivity contribution in [2.75, 3.05) is 7.11 Å². The predicted molar refractivity (Wildman–Crippen MR) is 512 cm³/mol. The Hall–Kier alpha value is -16.8. The normalized spacial score (nSPS) is 20.2. The summed E-state index contributed by atoms with van der Waals surface area (Å²) in [6, 6.07) is 58.2. The van der Waals surface area contributed by atoms with Gasteiger partial charge in [0, 0.05) is 120 Å². The summed E-state index contributed by atoms with van der Waals surface area (Å²) in [5, 5.41) is 49.4. The third-order valence-corrected chi connectivity index (χ3v) is 28.2. The van der Waals surface area contributed by atoms with Gasteiger partial charge in [0.05, 0.1) is 60.2 Å². The number of phenolic OH excluding ortho intramolecular Hbond substituents is 5. The van der Waals surface area contributed by atoms with Gasteiger partial charge in [0.2, 0.25) is 0 Å². The summed E-state index contributed by atoms with van der Waals surface area (Å²) < 4.78 is 56.4. The molecule has 0 saturated heterocycles. The monoisotopic (exact) mass is 1880 g/mol. The first-order chi connectivity index (χ1) is 66.5. The van der Waals surface area contributed by atoms with Gasteiger partial charge in [-0.1, -0.05) is 78.9 Å². The Kier molecular flexibility index (Phi) is 20.7. The van der Waals surface area contributed by atoms with Gasteiger partial charge in [-0.3, -0.25) is 0 Å². The zero-order valence-electron chi connectivity index (χ0n) is 77.1. The van der Waals surface area contributed by atoms with Gasteiger partial charge in [-0.2, -0.15) is 4.52 Å². The van der Waals surface area contributed by atoms with Crippen LogP contribution in [0.1, 0.15) is 139 Å². The molecule has 0 bridgehead atoms. The molecule has 1 fully saturated rings. The number of hydrogen-bond acceptors (Lipinski definition) is 21. The Morgan fingerprint density at radius 3 is 1.34 bits per heavy atom. The average molecular weight is 1880 g/mol. The van der Waals surface area contributed by atoms with E-state index in [2.05, 4.69) is 0 Å². The number of para-hydroxylation sites is 3. The van der Waals surface area contributed by atoms with Crippen LogP contribution in [0.15, 0.2) is 290 Å². The van der Waals surface area contributed by atoms with E-state index in [4.69, 9.17) is 28.4 Å². The maximum absolute atomic E-state index is 13.6. The standard InChI is InChI=1S/C23H23N3O4.C22H21N3O5.2C21H19N3O4.C16H15N3O4/c27-16-8-9-17-19(14-16)30-23(11-4-5-12-23)18-10-13-24-21(28)25(15-6-2-1-3-7-15)22(29)26(24)20(17)18;1-22(2)17-9-10-23-20(27)24(13-5-4-6-15(11-13)29-3)21(28)25(23)19(17)16-8-7-14(26)12-18(16)30-22;2*1-21(2)16-10-11-22-19(26)23(13-6-4-3-5-7-13)20(27)24(22)18(16)15-9-8-14(25)12-17(15)28-21;1-16(2)11-6-7-18-14(21)17(3)15(22)19(18)13(11)10-5-4-9(20)8-12(10)23-16/h1-3,6-9,14,18,20,27H,4-5,10-13H2;4-12,17,19,26H,1-3H3;3-10,12,18,25H,11H2,1-2H3;3-12,16,18,25H,1-2H3;4-8,20H,1-3H3. The lowest BCUT2D eigenvalue weighted by Crippen LogP contribution is -2.54. The first-order valence-corrected chi connectivity index (χ1v) is 45.6. The van der Waals surface area contributed by atoms with Crippen LogP contribution in [0.4, 0.5) is 0 Å². The minimum absolute atomic E-state index is 0.0766. The third kappa shape index (κ3) is 14.1. The van der Waals surface area contributed by atoms with Crippen LogP contribution in [0, 0.1) is 17.8 Å². The molecule has 6 aromatic heterocycles. The fourth-order valence-electron chi connectivity index (χ4n) is 21.8. The molecule has 15 aromatic rings. The second-order valence-electron chi connectivity index (χ2n) is 38.0. The minimum atomic E-state index is -0.705. The lowest BCUT2D eigenvalue weighted by atomic mass is 9.73. The van der Waals surface area contributed by atoms with E-state index in [9.17, 15) is 73.5 Å². The van der Waals surface area contributed by atoms with Crippen molar-refractivity contribution < 1.29 is 54.0 Å². The van der Waals surface area contributed by atoms with Gasteiger partial charge >= 0.3 is 56.9 Å². The van der Waals surface area contributed by atoms with E-state index in [1.165, 1.54) is 83.2 Å². The molecule has 5 N–H and O–H groups in total. The van der Waals surface area contributed by atoms with E-state index in [0.29, 0.717) is 81.6 Å². The van der Waals surface area contributed by atoms with Crippen LogP contribution in [0.2, 0.25) is 0 Å². The summed E-state index contributed by atoms with van der Waals surface area (Å²) in [6.45, 7) is 16.1. The van der Waals surface area contributed by atoms with Gasteiger partial charge in [-0.05, 0) is 208 Å². The number of allylic oxidation sites excluding steroid dienone is 1. The highest BCUT2D eigenvalue weighted by Crippen LogP contribution is 2.57. The minimum Gasteiger partial charge on any atom is -0.508 e. The van der Waals surface area contributed by atoms with Gasteiger partial charge < -0.3 is 54.0 Å². The number of hydrogen-bond donors (Lipinski definition) is 5. The number of phenols is 5. The fraction of sp³-hybridized carbons (Fsp3) is 0.282. The first-order valence-electron chi connectivity index (χ1n) is 45.6. The van der Waals surface area contributed by atoms with Crippen LogP contribution >= 0.6 is 0 Å². The molecule has 7 atom stereocenters. The van der Waals surface area contributed by atoms with Crippen molar-refractivity contribution in [2.24, 2.45) is 24.8 Å². The zero-order valence-corrected chi connectivity index (χ0v) is 77.1. The fourth-order valence-corrected chi connectivity index (χ4v) is 21.8. The van der Waals surface area contributed by atoms with Crippen molar-refractivity contribution >= 4 is 12.4 Å². The van der Waals surface area contributed by atoms with Crippen molar-refractivity contribution in [1.82, 2.24) is 69.3 Å². The molecular weight excluding hydrogens is 1780 g/mol. The quantitative estimate of drug-likeness (QED) is 0.0999. The van der Waals surface area contributed by atoms with E-state index >= 15 is 0 Å². The summed E-state index contributed by atoms with van der Waals surface area (Å²) in [5.74, 6) is 3.40. The van der Waals surface area contributed by atoms with Crippen LogP contribution in [0.3, 0.4) is 0 Å². The highest BCUT2D eigenvalue weighted by atomic mass is 16.5. The van der Waals surface area contributed by atoms with Crippen LogP contribution in [-0.4, -0.2) is 124 Å². The maximum atomic E-state index is 13.6. The van der Waals surface area contributed by atoms with Crippen LogP contribution in [0.25, 0.3) is 46.4 Å². The molecule has 1 spiro atoms. The highest BCUT2D eigenvalue weighted by molar-refractivity contribution is 5.74. The van der Waals surface area contributed by atoms with E-state index < -0.39 is 80.4 Å². The SMILES string of the molecule is CC1(C)Oc2cc(O)ccc2C2C1=CCn1c(=O)n(-c3ccccc3)c(=O)n12.CC1(C)Oc2cc(O)ccc2C2C1C=Cn1c(=O)n(-c3ccccc3)c(=O)n12.COc1cccc(-n2c(=O)n3n(c2=O)C2c4ccc(O)cc4OC(C)(C)C2C=C3)c1.Cn1c(=O)n2ccc3c(n2c1=O)-c1ccc(O)cc1OC3(C)C.O=c1n(-c2ccccc2)c(=O)n2n1CCC1C2c2ccc(O)cc2OC12CCCC2. The predicted octanol–water partition coefficient (Wildman–Crippen LogP) is 10.9. The lowest BCUT2D eigenvalue weighted by molar-refractivity contribution is -0.0451. The molecule has 25 rings (SSSR count). The maximum Gasteiger partial charge on any atom is 0.356 e. The zero-order chi connectivity index (χ0) is 97.4. The number of rotatable bonds is 5. The number of aromatic hydroxyl groups is 5. The average Bonchev–Trinajstić information content (AvgIpc) is 1.58. The highest BCUT2D eigenvalue weighted by Gasteiger charge is 2.56. The van der Waals surface area contributed by atoms with E-state index in [-0.39, 0.29) is 75.2 Å². The molecule has 15 heterocycles. The van der Waals surface area contributed by atoms with Gasteiger partial charge in [0.25, 0.3) is 0 Å². The van der Waals surface area contributed by atoms with Crippen molar-refractivity contribution in [2.45, 2.75) is 153 Å². The van der Waals surface area contributed by atoms with E-state index in [1.807, 2.05) is 110 Å². The largest absolute Gasteiger partial charge is 0.508 e. The molecule has 710 valence electrons. The molecule has 139 heavy (non-hydrogen) atoms. The van der Waals surface area contributed by atoms with Gasteiger partial charge in [-0.15, -0.1) is 0 Å². The van der Waals surface area contributed by atoms with Crippen LogP contribution < -0.4 is 85.3 Å². The Balaban J connectivity index is 0.000000104. The number of benzene rings is 9. The van der Waals surface area contributed by atoms with Crippen molar-refractivity contribution in [1.29, 1.82) is 0 Å². The molecule has 1 saturated carbocycles. The second-order valence-corrected chi connectivity index (χ2v) is 38.0. The first kappa shape index (κ1) is 88.8. The lowest BCUT2D eigenvalue weighted by Gasteiger charge is -2.49. The molecule has 9 aliphatic heterocycles. The number of ether oxygens (including phenoxy) is 6. The Labute approximate surface area is 788 Å². The molecule has 36 heteroatoms. The summed E-state index contributed by atoms with van der Waals surface area (Å²) in [6.07, 6.45) is 15.4. The molecule has 0 radical (unpaired) electrons. The van der Waals surface area contributed by atoms with Gasteiger partial charge in [0.1, 0.15) is 97.3 Å². The Bertz CT molecular complexity index is 8370. The third-order valence-electron chi connectivity index (χ3n) is 28.2.